The maximum atomic E-state index is 11.9. The van der Waals surface area contributed by atoms with Crippen LogP contribution >= 0.6 is 0 Å². The number of carbonyl (C=O) groups excluding carboxylic acids is 1. The van der Waals surface area contributed by atoms with E-state index >= 15 is 0 Å². The standard InChI is InChI=1S/C21H24N4O3/c26-21(11-8-18-6-9-20(10-7-18)25(27)28)22-12-13-23-14-16-24(17-15-23)19-4-2-1-3-5-19/h1-11H,12-17H2,(H,22,26)/b11-8+. The molecule has 0 spiro atoms. The lowest BCUT2D eigenvalue weighted by molar-refractivity contribution is -0.384. The van der Waals surface area contributed by atoms with Crippen molar-refractivity contribution in [1.29, 1.82) is 0 Å². The summed E-state index contributed by atoms with van der Waals surface area (Å²) in [5, 5.41) is 13.5. The van der Waals surface area contributed by atoms with Crippen molar-refractivity contribution in [3.8, 4) is 0 Å². The number of rotatable bonds is 7. The van der Waals surface area contributed by atoms with Gasteiger partial charge in [-0.15, -0.1) is 0 Å². The Labute approximate surface area is 164 Å². The third-order valence-corrected chi connectivity index (χ3v) is 4.75. The second kappa shape index (κ2) is 9.66. The Morgan fingerprint density at radius 3 is 2.36 bits per heavy atom. The molecule has 7 nitrogen and oxygen atoms in total. The zero-order valence-corrected chi connectivity index (χ0v) is 15.7. The van der Waals surface area contributed by atoms with Crippen molar-refractivity contribution >= 4 is 23.4 Å². The first kappa shape index (κ1) is 19.6. The molecule has 0 unspecified atom stereocenters. The first-order valence-electron chi connectivity index (χ1n) is 9.34. The molecule has 0 aliphatic carbocycles. The Morgan fingerprint density at radius 2 is 1.71 bits per heavy atom. The van der Waals surface area contributed by atoms with Crippen molar-refractivity contribution in [2.24, 2.45) is 0 Å². The molecule has 2 aromatic rings. The summed E-state index contributed by atoms with van der Waals surface area (Å²) in [6.45, 7) is 5.33. The largest absolute Gasteiger partial charge is 0.369 e. The van der Waals surface area contributed by atoms with Gasteiger partial charge in [-0.2, -0.15) is 0 Å². The molecule has 1 heterocycles. The second-order valence-corrected chi connectivity index (χ2v) is 6.64. The molecule has 1 amide bonds. The highest BCUT2D eigenvalue weighted by Crippen LogP contribution is 2.15. The van der Waals surface area contributed by atoms with Gasteiger partial charge in [0.1, 0.15) is 0 Å². The summed E-state index contributed by atoms with van der Waals surface area (Å²) in [7, 11) is 0. The van der Waals surface area contributed by atoms with Gasteiger partial charge in [0.2, 0.25) is 5.91 Å². The molecule has 1 aliphatic rings. The molecule has 1 saturated heterocycles. The molecule has 0 saturated carbocycles. The quantitative estimate of drug-likeness (QED) is 0.454. The van der Waals surface area contributed by atoms with Crippen molar-refractivity contribution in [2.45, 2.75) is 0 Å². The molecule has 28 heavy (non-hydrogen) atoms. The number of nitrogens with one attached hydrogen (secondary N) is 1. The van der Waals surface area contributed by atoms with Crippen LogP contribution in [0, 0.1) is 10.1 Å². The molecule has 3 rings (SSSR count). The van der Waals surface area contributed by atoms with Crippen molar-refractivity contribution in [1.82, 2.24) is 10.2 Å². The van der Waals surface area contributed by atoms with E-state index in [0.29, 0.717) is 6.54 Å². The van der Waals surface area contributed by atoms with Crippen LogP contribution in [0.5, 0.6) is 0 Å². The van der Waals surface area contributed by atoms with Gasteiger partial charge in [-0.1, -0.05) is 18.2 Å². The summed E-state index contributed by atoms with van der Waals surface area (Å²) in [6, 6.07) is 16.5. The highest BCUT2D eigenvalue weighted by molar-refractivity contribution is 5.91. The molecule has 2 aromatic carbocycles. The first-order valence-corrected chi connectivity index (χ1v) is 9.34. The lowest BCUT2D eigenvalue weighted by Crippen LogP contribution is -2.48. The lowest BCUT2D eigenvalue weighted by atomic mass is 10.2. The summed E-state index contributed by atoms with van der Waals surface area (Å²) < 4.78 is 0. The highest BCUT2D eigenvalue weighted by Gasteiger charge is 2.16. The number of nitrogens with zero attached hydrogens (tertiary/aromatic N) is 3. The molecule has 1 fully saturated rings. The van der Waals surface area contributed by atoms with Gasteiger partial charge in [-0.25, -0.2) is 0 Å². The predicted octanol–water partition coefficient (Wildman–Crippen LogP) is 2.55. The number of non-ortho nitro benzene ring substituents is 1. The van der Waals surface area contributed by atoms with E-state index in [1.165, 1.54) is 23.9 Å². The number of anilines is 1. The summed E-state index contributed by atoms with van der Waals surface area (Å²) >= 11 is 0. The highest BCUT2D eigenvalue weighted by atomic mass is 16.6. The van der Waals surface area contributed by atoms with Gasteiger partial charge in [0.25, 0.3) is 5.69 Å². The van der Waals surface area contributed by atoms with E-state index in [4.69, 9.17) is 0 Å². The summed E-state index contributed by atoms with van der Waals surface area (Å²) in [5.41, 5.74) is 2.04. The fourth-order valence-corrected chi connectivity index (χ4v) is 3.14. The van der Waals surface area contributed by atoms with Crippen LogP contribution in [-0.4, -0.2) is 55.0 Å². The van der Waals surface area contributed by atoms with Crippen molar-refractivity contribution in [3.05, 3.63) is 76.4 Å². The molecule has 146 valence electrons. The van der Waals surface area contributed by atoms with Crippen molar-refractivity contribution < 1.29 is 9.72 Å². The van der Waals surface area contributed by atoms with Crippen LogP contribution in [0.4, 0.5) is 11.4 Å². The third-order valence-electron chi connectivity index (χ3n) is 4.75. The fourth-order valence-electron chi connectivity index (χ4n) is 3.14. The van der Waals surface area contributed by atoms with Crippen LogP contribution in [-0.2, 0) is 4.79 Å². The Balaban J connectivity index is 1.36. The van der Waals surface area contributed by atoms with Gasteiger partial charge in [-0.3, -0.25) is 19.8 Å². The van der Waals surface area contributed by atoms with E-state index in [1.54, 1.807) is 18.2 Å². The zero-order valence-electron chi connectivity index (χ0n) is 15.7. The smallest absolute Gasteiger partial charge is 0.269 e. The fraction of sp³-hybridized carbons (Fsp3) is 0.286. The monoisotopic (exact) mass is 380 g/mol. The van der Waals surface area contributed by atoms with Crippen LogP contribution in [0.2, 0.25) is 0 Å². The first-order chi connectivity index (χ1) is 13.6. The maximum absolute atomic E-state index is 11.9. The SMILES string of the molecule is O=C(/C=C/c1ccc([N+](=O)[O-])cc1)NCCN1CCN(c2ccccc2)CC1. The third kappa shape index (κ3) is 5.65. The Hall–Kier alpha value is -3.19. The molecule has 1 N–H and O–H groups in total. The van der Waals surface area contributed by atoms with Crippen LogP contribution in [0.25, 0.3) is 6.08 Å². The Kier molecular flexibility index (Phi) is 6.75. The number of piperazine rings is 1. The van der Waals surface area contributed by atoms with E-state index in [1.807, 2.05) is 6.07 Å². The molecule has 0 bridgehead atoms. The van der Waals surface area contributed by atoms with Crippen LogP contribution in [0.3, 0.4) is 0 Å². The van der Waals surface area contributed by atoms with E-state index in [0.717, 1.165) is 38.3 Å². The number of amides is 1. The number of carbonyl (C=O) groups is 1. The number of nitro groups is 1. The molecule has 0 atom stereocenters. The molecule has 0 radical (unpaired) electrons. The van der Waals surface area contributed by atoms with Gasteiger partial charge >= 0.3 is 0 Å². The number of hydrogen-bond acceptors (Lipinski definition) is 5. The Morgan fingerprint density at radius 1 is 1.04 bits per heavy atom. The lowest BCUT2D eigenvalue weighted by Gasteiger charge is -2.36. The minimum atomic E-state index is -0.445. The topological polar surface area (TPSA) is 78.7 Å². The van der Waals surface area contributed by atoms with Gasteiger partial charge in [0.05, 0.1) is 4.92 Å². The van der Waals surface area contributed by atoms with E-state index in [9.17, 15) is 14.9 Å². The van der Waals surface area contributed by atoms with Crippen molar-refractivity contribution in [2.75, 3.05) is 44.2 Å². The summed E-state index contributed by atoms with van der Waals surface area (Å²) in [6.07, 6.45) is 3.10. The number of nitro benzene ring substituents is 1. The van der Waals surface area contributed by atoms with Gasteiger partial charge in [-0.05, 0) is 35.9 Å². The van der Waals surface area contributed by atoms with Crippen LogP contribution in [0.1, 0.15) is 5.56 Å². The maximum Gasteiger partial charge on any atom is 0.269 e. The number of hydrogen-bond donors (Lipinski definition) is 1. The average molecular weight is 380 g/mol. The molecule has 0 aromatic heterocycles. The molecule has 7 heteroatoms. The molecular formula is C21H24N4O3. The van der Waals surface area contributed by atoms with E-state index in [-0.39, 0.29) is 11.6 Å². The normalized spacial score (nSPS) is 14.9. The predicted molar refractivity (Wildman–Crippen MR) is 110 cm³/mol. The molecular weight excluding hydrogens is 356 g/mol. The van der Waals surface area contributed by atoms with E-state index in [2.05, 4.69) is 39.4 Å². The summed E-state index contributed by atoms with van der Waals surface area (Å²) in [4.78, 5) is 26.9. The Bertz CT molecular complexity index is 813. The second-order valence-electron chi connectivity index (χ2n) is 6.64. The minimum Gasteiger partial charge on any atom is -0.369 e. The van der Waals surface area contributed by atoms with Gasteiger partial charge < -0.3 is 10.2 Å². The average Bonchev–Trinajstić information content (AvgIpc) is 2.74. The van der Waals surface area contributed by atoms with Crippen molar-refractivity contribution in [3.63, 3.8) is 0 Å². The molecule has 1 aliphatic heterocycles. The number of para-hydroxylation sites is 1. The van der Waals surface area contributed by atoms with Crippen LogP contribution in [0.15, 0.2) is 60.7 Å². The minimum absolute atomic E-state index is 0.0361. The van der Waals surface area contributed by atoms with Gasteiger partial charge in [0, 0.05) is 63.2 Å². The zero-order chi connectivity index (χ0) is 19.8. The number of benzene rings is 2. The van der Waals surface area contributed by atoms with Crippen LogP contribution < -0.4 is 10.2 Å². The summed E-state index contributed by atoms with van der Waals surface area (Å²) in [5.74, 6) is -0.165. The van der Waals surface area contributed by atoms with E-state index < -0.39 is 4.92 Å². The van der Waals surface area contributed by atoms with Gasteiger partial charge in [0.15, 0.2) is 0 Å².